The predicted molar refractivity (Wildman–Crippen MR) is 60.1 cm³/mol. The van der Waals surface area contributed by atoms with E-state index in [2.05, 4.69) is 10.2 Å². The summed E-state index contributed by atoms with van der Waals surface area (Å²) in [5.74, 6) is -1.52. The SMILES string of the molecule is CN(Cc1cn[nH]c1)C(=O)c1cc(C(=O)O)co1. The molecule has 0 fully saturated rings. The molecule has 0 aromatic carbocycles. The van der Waals surface area contributed by atoms with Gasteiger partial charge in [-0.3, -0.25) is 9.89 Å². The largest absolute Gasteiger partial charge is 0.478 e. The number of nitrogens with zero attached hydrogens (tertiary/aromatic N) is 2. The highest BCUT2D eigenvalue weighted by atomic mass is 16.4. The van der Waals surface area contributed by atoms with E-state index in [1.807, 2.05) is 0 Å². The molecule has 7 heteroatoms. The molecule has 0 spiro atoms. The summed E-state index contributed by atoms with van der Waals surface area (Å²) >= 11 is 0. The molecule has 0 saturated heterocycles. The highest BCUT2D eigenvalue weighted by Gasteiger charge is 2.18. The first-order valence-corrected chi connectivity index (χ1v) is 5.13. The number of aromatic nitrogens is 2. The number of furan rings is 1. The lowest BCUT2D eigenvalue weighted by molar-refractivity contribution is 0.0695. The van der Waals surface area contributed by atoms with Crippen molar-refractivity contribution >= 4 is 11.9 Å². The number of carbonyl (C=O) groups is 2. The standard InChI is InChI=1S/C11H11N3O4/c1-14(5-7-3-12-13-4-7)10(15)9-2-8(6-18-9)11(16)17/h2-4,6H,5H2,1H3,(H,12,13)(H,16,17). The van der Waals surface area contributed by atoms with Crippen LogP contribution in [0.4, 0.5) is 0 Å². The van der Waals surface area contributed by atoms with Crippen LogP contribution in [0, 0.1) is 0 Å². The minimum absolute atomic E-state index is 0.00149. The van der Waals surface area contributed by atoms with E-state index in [-0.39, 0.29) is 17.2 Å². The Balaban J connectivity index is 2.08. The van der Waals surface area contributed by atoms with Crippen molar-refractivity contribution in [2.75, 3.05) is 7.05 Å². The predicted octanol–water partition coefficient (Wildman–Crippen LogP) is 0.973. The van der Waals surface area contributed by atoms with Crippen LogP contribution in [-0.4, -0.2) is 39.1 Å². The highest BCUT2D eigenvalue weighted by Crippen LogP contribution is 2.11. The topological polar surface area (TPSA) is 99.4 Å². The first kappa shape index (κ1) is 11.9. The summed E-state index contributed by atoms with van der Waals surface area (Å²) in [7, 11) is 1.60. The monoisotopic (exact) mass is 249 g/mol. The molecule has 0 radical (unpaired) electrons. The van der Waals surface area contributed by atoms with Crippen molar-refractivity contribution in [3.8, 4) is 0 Å². The fourth-order valence-corrected chi connectivity index (χ4v) is 1.46. The van der Waals surface area contributed by atoms with Gasteiger partial charge in [0.15, 0.2) is 5.76 Å². The van der Waals surface area contributed by atoms with Gasteiger partial charge in [0.25, 0.3) is 5.91 Å². The Morgan fingerprint density at radius 2 is 2.33 bits per heavy atom. The average molecular weight is 249 g/mol. The summed E-state index contributed by atoms with van der Waals surface area (Å²) in [6.07, 6.45) is 4.32. The maximum absolute atomic E-state index is 11.9. The van der Waals surface area contributed by atoms with Gasteiger partial charge in [0.2, 0.25) is 0 Å². The molecule has 0 aliphatic rings. The van der Waals surface area contributed by atoms with Crippen LogP contribution >= 0.6 is 0 Å². The molecule has 0 aliphatic heterocycles. The van der Waals surface area contributed by atoms with E-state index in [9.17, 15) is 9.59 Å². The van der Waals surface area contributed by atoms with Crippen LogP contribution in [0.25, 0.3) is 0 Å². The minimum Gasteiger partial charge on any atom is -0.478 e. The van der Waals surface area contributed by atoms with Gasteiger partial charge >= 0.3 is 5.97 Å². The van der Waals surface area contributed by atoms with Crippen molar-refractivity contribution in [2.24, 2.45) is 0 Å². The molecule has 1 amide bonds. The number of amides is 1. The Hall–Kier alpha value is -2.57. The van der Waals surface area contributed by atoms with Crippen molar-refractivity contribution in [3.63, 3.8) is 0 Å². The zero-order chi connectivity index (χ0) is 13.1. The van der Waals surface area contributed by atoms with Crippen LogP contribution in [0.5, 0.6) is 0 Å². The number of carboxylic acids is 1. The van der Waals surface area contributed by atoms with Crippen LogP contribution in [0.15, 0.2) is 29.1 Å². The highest BCUT2D eigenvalue weighted by molar-refractivity contribution is 5.95. The number of carbonyl (C=O) groups excluding carboxylic acids is 1. The van der Waals surface area contributed by atoms with Gasteiger partial charge < -0.3 is 14.4 Å². The summed E-state index contributed by atoms with van der Waals surface area (Å²) in [6, 6.07) is 1.20. The first-order chi connectivity index (χ1) is 8.58. The summed E-state index contributed by atoms with van der Waals surface area (Å²) in [5.41, 5.74) is 0.797. The molecule has 2 heterocycles. The number of H-pyrrole nitrogens is 1. The van der Waals surface area contributed by atoms with Crippen LogP contribution in [-0.2, 0) is 6.54 Å². The average Bonchev–Trinajstić information content (AvgIpc) is 2.98. The summed E-state index contributed by atoms with van der Waals surface area (Å²) in [5, 5.41) is 15.1. The fourth-order valence-electron chi connectivity index (χ4n) is 1.46. The van der Waals surface area contributed by atoms with Gasteiger partial charge in [0.05, 0.1) is 11.8 Å². The quantitative estimate of drug-likeness (QED) is 0.841. The Labute approximate surface area is 102 Å². The fraction of sp³-hybridized carbons (Fsp3) is 0.182. The van der Waals surface area contributed by atoms with Gasteiger partial charge in [-0.05, 0) is 0 Å². The molecule has 7 nitrogen and oxygen atoms in total. The van der Waals surface area contributed by atoms with Crippen molar-refractivity contribution in [1.82, 2.24) is 15.1 Å². The molecule has 0 atom stereocenters. The molecule has 94 valence electrons. The Kier molecular flexibility index (Phi) is 3.13. The maximum Gasteiger partial charge on any atom is 0.338 e. The summed E-state index contributed by atoms with van der Waals surface area (Å²) < 4.78 is 4.93. The molecule has 0 saturated carbocycles. The van der Waals surface area contributed by atoms with Crippen LogP contribution in [0.2, 0.25) is 0 Å². The van der Waals surface area contributed by atoms with E-state index in [1.165, 1.54) is 11.0 Å². The molecular formula is C11H11N3O4. The number of hydrogen-bond acceptors (Lipinski definition) is 4. The third-order valence-electron chi connectivity index (χ3n) is 2.38. The second-order valence-corrected chi connectivity index (χ2v) is 3.77. The molecule has 0 unspecified atom stereocenters. The second-order valence-electron chi connectivity index (χ2n) is 3.77. The lowest BCUT2D eigenvalue weighted by Crippen LogP contribution is -2.25. The van der Waals surface area contributed by atoms with Crippen molar-refractivity contribution in [3.05, 3.63) is 41.6 Å². The molecule has 0 bridgehead atoms. The number of aromatic carboxylic acids is 1. The number of carboxylic acid groups (broad SMARTS) is 1. The van der Waals surface area contributed by atoms with E-state index in [0.29, 0.717) is 6.54 Å². The van der Waals surface area contributed by atoms with Crippen LogP contribution < -0.4 is 0 Å². The number of nitrogens with one attached hydrogen (secondary N) is 1. The zero-order valence-corrected chi connectivity index (χ0v) is 9.58. The van der Waals surface area contributed by atoms with Gasteiger partial charge in [0, 0.05) is 31.4 Å². The van der Waals surface area contributed by atoms with Crippen molar-refractivity contribution in [1.29, 1.82) is 0 Å². The van der Waals surface area contributed by atoms with Crippen molar-refractivity contribution < 1.29 is 19.1 Å². The molecule has 2 aromatic rings. The van der Waals surface area contributed by atoms with Gasteiger partial charge in [-0.25, -0.2) is 4.79 Å². The lowest BCUT2D eigenvalue weighted by Gasteiger charge is -2.13. The number of aromatic amines is 1. The third kappa shape index (κ3) is 2.40. The van der Waals surface area contributed by atoms with Crippen LogP contribution in [0.1, 0.15) is 26.5 Å². The maximum atomic E-state index is 11.9. The van der Waals surface area contributed by atoms with E-state index in [4.69, 9.17) is 9.52 Å². The molecule has 2 N–H and O–H groups in total. The first-order valence-electron chi connectivity index (χ1n) is 5.13. The summed E-state index contributed by atoms with van der Waals surface area (Å²) in [6.45, 7) is 0.360. The normalized spacial score (nSPS) is 10.3. The number of hydrogen-bond donors (Lipinski definition) is 2. The zero-order valence-electron chi connectivity index (χ0n) is 9.58. The minimum atomic E-state index is -1.13. The van der Waals surface area contributed by atoms with Gasteiger partial charge in [0.1, 0.15) is 6.26 Å². The van der Waals surface area contributed by atoms with Crippen molar-refractivity contribution in [2.45, 2.75) is 6.54 Å². The van der Waals surface area contributed by atoms with Gasteiger partial charge in [-0.15, -0.1) is 0 Å². The third-order valence-corrected chi connectivity index (χ3v) is 2.38. The van der Waals surface area contributed by atoms with Gasteiger partial charge in [-0.1, -0.05) is 0 Å². The molecule has 2 aromatic heterocycles. The van der Waals surface area contributed by atoms with E-state index in [0.717, 1.165) is 11.8 Å². The van der Waals surface area contributed by atoms with E-state index >= 15 is 0 Å². The van der Waals surface area contributed by atoms with E-state index in [1.54, 1.807) is 19.4 Å². The molecule has 0 aliphatic carbocycles. The molecular weight excluding hydrogens is 238 g/mol. The van der Waals surface area contributed by atoms with Gasteiger partial charge in [-0.2, -0.15) is 5.10 Å². The molecule has 2 rings (SSSR count). The lowest BCUT2D eigenvalue weighted by atomic mass is 10.3. The second kappa shape index (κ2) is 4.74. The smallest absolute Gasteiger partial charge is 0.338 e. The molecule has 18 heavy (non-hydrogen) atoms. The Bertz CT molecular complexity index is 559. The van der Waals surface area contributed by atoms with Crippen LogP contribution in [0.3, 0.4) is 0 Å². The number of rotatable bonds is 4. The summed E-state index contributed by atoms with van der Waals surface area (Å²) in [4.78, 5) is 24.0. The Morgan fingerprint density at radius 1 is 1.56 bits per heavy atom. The Morgan fingerprint density at radius 3 is 2.89 bits per heavy atom. The van der Waals surface area contributed by atoms with E-state index < -0.39 is 5.97 Å².